The molecule has 0 bridgehead atoms. The summed E-state index contributed by atoms with van der Waals surface area (Å²) in [5.41, 5.74) is 1.66. The lowest BCUT2D eigenvalue weighted by atomic mass is 10.2. The standard InChI is InChI=1S/C22H24BrN3O4S/c1-16-20(24-22(30-16)19-5-3-4-6-21(19)29-2)15-25-11-13-26(14-12-25)31(27,28)18-9-7-17(23)8-10-18/h3-10H,11-15H2,1-2H3. The fourth-order valence-electron chi connectivity index (χ4n) is 3.61. The Balaban J connectivity index is 1.43. The van der Waals surface area contributed by atoms with Crippen LogP contribution in [0.5, 0.6) is 5.75 Å². The van der Waals surface area contributed by atoms with Crippen molar-refractivity contribution in [1.29, 1.82) is 0 Å². The number of aromatic nitrogens is 1. The first-order valence-corrected chi connectivity index (χ1v) is 12.2. The van der Waals surface area contributed by atoms with Crippen LogP contribution in [0.4, 0.5) is 0 Å². The topological polar surface area (TPSA) is 75.9 Å². The second-order valence-electron chi connectivity index (χ2n) is 7.36. The van der Waals surface area contributed by atoms with E-state index >= 15 is 0 Å². The molecule has 2 aromatic carbocycles. The Bertz CT molecular complexity index is 1150. The molecule has 0 aliphatic carbocycles. The lowest BCUT2D eigenvalue weighted by Crippen LogP contribution is -2.48. The van der Waals surface area contributed by atoms with E-state index in [1.165, 1.54) is 0 Å². The number of halogens is 1. The normalized spacial score (nSPS) is 15.8. The van der Waals surface area contributed by atoms with Gasteiger partial charge in [0.2, 0.25) is 15.9 Å². The maximum Gasteiger partial charge on any atom is 0.243 e. The minimum absolute atomic E-state index is 0.318. The SMILES string of the molecule is COc1ccccc1-c1nc(CN2CCN(S(=O)(=O)c3ccc(Br)cc3)CC2)c(C)o1. The van der Waals surface area contributed by atoms with Crippen LogP contribution in [-0.2, 0) is 16.6 Å². The Kier molecular flexibility index (Phi) is 6.47. The van der Waals surface area contributed by atoms with Gasteiger partial charge in [-0.3, -0.25) is 4.90 Å². The van der Waals surface area contributed by atoms with E-state index in [0.717, 1.165) is 21.5 Å². The molecule has 164 valence electrons. The zero-order valence-electron chi connectivity index (χ0n) is 17.4. The molecular weight excluding hydrogens is 482 g/mol. The molecule has 0 amide bonds. The van der Waals surface area contributed by atoms with Crippen LogP contribution >= 0.6 is 15.9 Å². The monoisotopic (exact) mass is 505 g/mol. The van der Waals surface area contributed by atoms with Gasteiger partial charge in [0.1, 0.15) is 11.5 Å². The van der Waals surface area contributed by atoms with Gasteiger partial charge in [0.05, 0.1) is 23.3 Å². The van der Waals surface area contributed by atoms with E-state index in [-0.39, 0.29) is 0 Å². The van der Waals surface area contributed by atoms with Gasteiger partial charge < -0.3 is 9.15 Å². The Morgan fingerprint density at radius 3 is 2.42 bits per heavy atom. The maximum atomic E-state index is 12.9. The largest absolute Gasteiger partial charge is 0.496 e. The third-order valence-corrected chi connectivity index (χ3v) is 7.83. The summed E-state index contributed by atoms with van der Waals surface area (Å²) in [6, 6.07) is 14.4. The number of rotatable bonds is 6. The van der Waals surface area contributed by atoms with Crippen molar-refractivity contribution in [3.05, 3.63) is 64.5 Å². The van der Waals surface area contributed by atoms with Crippen LogP contribution in [0.25, 0.3) is 11.5 Å². The summed E-state index contributed by atoms with van der Waals surface area (Å²) in [5, 5.41) is 0. The Morgan fingerprint density at radius 1 is 1.06 bits per heavy atom. The van der Waals surface area contributed by atoms with Gasteiger partial charge in [-0.1, -0.05) is 28.1 Å². The van der Waals surface area contributed by atoms with Gasteiger partial charge in [-0.2, -0.15) is 4.31 Å². The van der Waals surface area contributed by atoms with Crippen molar-refractivity contribution in [3.8, 4) is 17.2 Å². The van der Waals surface area contributed by atoms with E-state index in [0.29, 0.717) is 49.3 Å². The number of methoxy groups -OCH3 is 1. The zero-order valence-corrected chi connectivity index (χ0v) is 19.8. The van der Waals surface area contributed by atoms with Crippen LogP contribution in [0, 0.1) is 6.92 Å². The van der Waals surface area contributed by atoms with Gasteiger partial charge in [0.25, 0.3) is 0 Å². The predicted molar refractivity (Wildman–Crippen MR) is 121 cm³/mol. The molecule has 1 aromatic heterocycles. The molecule has 0 spiro atoms. The van der Waals surface area contributed by atoms with Gasteiger partial charge in [0, 0.05) is 37.2 Å². The van der Waals surface area contributed by atoms with Crippen LogP contribution in [0.3, 0.4) is 0 Å². The van der Waals surface area contributed by atoms with Crippen LogP contribution in [-0.4, -0.2) is 55.9 Å². The van der Waals surface area contributed by atoms with Crippen molar-refractivity contribution in [2.75, 3.05) is 33.3 Å². The van der Waals surface area contributed by atoms with Crippen LogP contribution in [0.2, 0.25) is 0 Å². The lowest BCUT2D eigenvalue weighted by Gasteiger charge is -2.33. The summed E-state index contributed by atoms with van der Waals surface area (Å²) in [5.74, 6) is 1.99. The van der Waals surface area contributed by atoms with Gasteiger partial charge in [0.15, 0.2) is 0 Å². The summed E-state index contributed by atoms with van der Waals surface area (Å²) in [7, 11) is -1.86. The van der Waals surface area contributed by atoms with E-state index in [1.807, 2.05) is 31.2 Å². The van der Waals surface area contributed by atoms with E-state index in [1.54, 1.807) is 35.7 Å². The fourth-order valence-corrected chi connectivity index (χ4v) is 5.29. The number of aryl methyl sites for hydroxylation is 1. The van der Waals surface area contributed by atoms with Crippen molar-refractivity contribution in [1.82, 2.24) is 14.2 Å². The molecule has 31 heavy (non-hydrogen) atoms. The number of hydrogen-bond acceptors (Lipinski definition) is 6. The first kappa shape index (κ1) is 22.0. The number of benzene rings is 2. The molecule has 0 atom stereocenters. The number of para-hydroxylation sites is 1. The van der Waals surface area contributed by atoms with E-state index < -0.39 is 10.0 Å². The highest BCUT2D eigenvalue weighted by Crippen LogP contribution is 2.30. The van der Waals surface area contributed by atoms with Crippen LogP contribution < -0.4 is 4.74 Å². The molecule has 4 rings (SSSR count). The van der Waals surface area contributed by atoms with Gasteiger partial charge in [-0.05, 0) is 43.3 Å². The summed E-state index contributed by atoms with van der Waals surface area (Å²) < 4.78 is 39.5. The molecule has 7 nitrogen and oxygen atoms in total. The number of ether oxygens (including phenoxy) is 1. The Morgan fingerprint density at radius 2 is 1.74 bits per heavy atom. The molecule has 1 aliphatic heterocycles. The second-order valence-corrected chi connectivity index (χ2v) is 10.2. The highest BCUT2D eigenvalue weighted by Gasteiger charge is 2.29. The van der Waals surface area contributed by atoms with E-state index in [9.17, 15) is 8.42 Å². The second kappa shape index (κ2) is 9.12. The summed E-state index contributed by atoms with van der Waals surface area (Å²) in [6.07, 6.45) is 0. The summed E-state index contributed by atoms with van der Waals surface area (Å²) in [4.78, 5) is 7.20. The Hall–Kier alpha value is -2.20. The van der Waals surface area contributed by atoms with Crippen LogP contribution in [0.15, 0.2) is 62.3 Å². The molecule has 9 heteroatoms. The van der Waals surface area contributed by atoms with E-state index in [4.69, 9.17) is 9.15 Å². The highest BCUT2D eigenvalue weighted by atomic mass is 79.9. The molecule has 0 unspecified atom stereocenters. The Labute approximate surface area is 190 Å². The minimum Gasteiger partial charge on any atom is -0.496 e. The molecule has 0 N–H and O–H groups in total. The fraction of sp³-hybridized carbons (Fsp3) is 0.318. The van der Waals surface area contributed by atoms with Crippen molar-refractivity contribution in [3.63, 3.8) is 0 Å². The maximum absolute atomic E-state index is 12.9. The average molecular weight is 506 g/mol. The first-order chi connectivity index (χ1) is 14.9. The molecule has 0 radical (unpaired) electrons. The van der Waals surface area contributed by atoms with Crippen molar-refractivity contribution in [2.24, 2.45) is 0 Å². The number of nitrogens with zero attached hydrogens (tertiary/aromatic N) is 3. The minimum atomic E-state index is -3.49. The smallest absolute Gasteiger partial charge is 0.243 e. The van der Waals surface area contributed by atoms with Gasteiger partial charge in [-0.15, -0.1) is 0 Å². The number of sulfonamides is 1. The predicted octanol–water partition coefficient (Wildman–Crippen LogP) is 3.93. The molecule has 2 heterocycles. The zero-order chi connectivity index (χ0) is 22.0. The third kappa shape index (κ3) is 4.69. The average Bonchev–Trinajstić information content (AvgIpc) is 3.14. The molecular formula is C22H24BrN3O4S. The van der Waals surface area contributed by atoms with Gasteiger partial charge >= 0.3 is 0 Å². The van der Waals surface area contributed by atoms with Crippen LogP contribution in [0.1, 0.15) is 11.5 Å². The summed E-state index contributed by atoms with van der Waals surface area (Å²) in [6.45, 7) is 4.65. The third-order valence-electron chi connectivity index (χ3n) is 5.39. The van der Waals surface area contributed by atoms with Crippen molar-refractivity contribution < 1.29 is 17.6 Å². The number of hydrogen-bond donors (Lipinski definition) is 0. The van der Waals surface area contributed by atoms with Crippen molar-refractivity contribution >= 4 is 26.0 Å². The molecule has 0 saturated carbocycles. The lowest BCUT2D eigenvalue weighted by molar-refractivity contribution is 0.179. The molecule has 1 saturated heterocycles. The number of piperazine rings is 1. The number of oxazole rings is 1. The highest BCUT2D eigenvalue weighted by molar-refractivity contribution is 9.10. The first-order valence-electron chi connectivity index (χ1n) is 9.96. The molecule has 1 fully saturated rings. The van der Waals surface area contributed by atoms with E-state index in [2.05, 4.69) is 25.8 Å². The molecule has 1 aliphatic rings. The molecule has 3 aromatic rings. The summed E-state index contributed by atoms with van der Waals surface area (Å²) >= 11 is 3.34. The van der Waals surface area contributed by atoms with Crippen molar-refractivity contribution in [2.45, 2.75) is 18.4 Å². The quantitative estimate of drug-likeness (QED) is 0.505. The van der Waals surface area contributed by atoms with Gasteiger partial charge in [-0.25, -0.2) is 13.4 Å².